The molecule has 0 saturated carbocycles. The van der Waals surface area contributed by atoms with E-state index in [0.29, 0.717) is 17.0 Å². The van der Waals surface area contributed by atoms with Gasteiger partial charge in [-0.25, -0.2) is 9.18 Å². The van der Waals surface area contributed by atoms with E-state index in [4.69, 9.17) is 9.26 Å². The Hall–Kier alpha value is -2.74. The third-order valence-electron chi connectivity index (χ3n) is 3.36. The molecule has 0 N–H and O–H groups in total. The summed E-state index contributed by atoms with van der Waals surface area (Å²) in [6.45, 7) is -0.183. The normalized spacial score (nSPS) is 10.9. The highest BCUT2D eigenvalue weighted by atomic mass is 32.2. The van der Waals surface area contributed by atoms with Crippen LogP contribution in [0.25, 0.3) is 11.3 Å². The highest BCUT2D eigenvalue weighted by Crippen LogP contribution is 2.29. The van der Waals surface area contributed by atoms with Crippen LogP contribution in [0.3, 0.4) is 0 Å². The Labute approximate surface area is 151 Å². The van der Waals surface area contributed by atoms with Gasteiger partial charge in [-0.1, -0.05) is 29.1 Å². The summed E-state index contributed by atoms with van der Waals surface area (Å²) in [5.74, 6) is -3.36. The number of rotatable bonds is 6. The van der Waals surface area contributed by atoms with Crippen molar-refractivity contribution in [3.05, 3.63) is 71.7 Å². The van der Waals surface area contributed by atoms with Gasteiger partial charge in [0.15, 0.2) is 5.76 Å². The van der Waals surface area contributed by atoms with Gasteiger partial charge in [0.05, 0.1) is 5.56 Å². The fraction of sp³-hybridized carbons (Fsp3) is 0.111. The van der Waals surface area contributed by atoms with Gasteiger partial charge in [-0.15, -0.1) is 0 Å². The number of alkyl halides is 2. The molecule has 0 atom stereocenters. The van der Waals surface area contributed by atoms with Gasteiger partial charge in [0, 0.05) is 16.5 Å². The fourth-order valence-electron chi connectivity index (χ4n) is 2.18. The fourth-order valence-corrected chi connectivity index (χ4v) is 2.81. The summed E-state index contributed by atoms with van der Waals surface area (Å²) in [6.07, 6.45) is 0. The van der Waals surface area contributed by atoms with Crippen LogP contribution in [0, 0.1) is 5.82 Å². The third kappa shape index (κ3) is 4.45. The number of aromatic nitrogens is 1. The molecule has 0 aliphatic carbocycles. The number of carbonyl (C=O) groups is 1. The maximum absolute atomic E-state index is 12.9. The zero-order valence-electron chi connectivity index (χ0n) is 13.2. The van der Waals surface area contributed by atoms with Crippen molar-refractivity contribution in [2.24, 2.45) is 0 Å². The van der Waals surface area contributed by atoms with E-state index in [2.05, 4.69) is 5.16 Å². The van der Waals surface area contributed by atoms with Gasteiger partial charge in [0.2, 0.25) is 0 Å². The molecule has 0 saturated heterocycles. The van der Waals surface area contributed by atoms with Gasteiger partial charge in [-0.3, -0.25) is 0 Å². The smallest absolute Gasteiger partial charge is 0.339 e. The van der Waals surface area contributed by atoms with Crippen LogP contribution in [0.4, 0.5) is 13.2 Å². The minimum Gasteiger partial charge on any atom is -0.455 e. The van der Waals surface area contributed by atoms with Gasteiger partial charge in [0.25, 0.3) is 5.76 Å². The molecule has 4 nitrogen and oxygen atoms in total. The number of hydrogen-bond acceptors (Lipinski definition) is 5. The largest absolute Gasteiger partial charge is 0.455 e. The van der Waals surface area contributed by atoms with Crippen LogP contribution in [0.5, 0.6) is 0 Å². The topological polar surface area (TPSA) is 52.3 Å². The lowest BCUT2D eigenvalue weighted by Gasteiger charge is -2.07. The summed E-state index contributed by atoms with van der Waals surface area (Å²) in [6, 6.07) is 13.2. The number of thioether (sulfide) groups is 1. The van der Waals surface area contributed by atoms with Crippen molar-refractivity contribution in [2.45, 2.75) is 17.3 Å². The van der Waals surface area contributed by atoms with Crippen LogP contribution in [0.15, 0.2) is 64.0 Å². The Bertz CT molecular complexity index is 897. The van der Waals surface area contributed by atoms with Crippen molar-refractivity contribution < 1.29 is 27.2 Å². The second kappa shape index (κ2) is 8.09. The number of nitrogens with zero attached hydrogens (tertiary/aromatic N) is 1. The number of carbonyl (C=O) groups excluding carboxylic acids is 1. The van der Waals surface area contributed by atoms with Crippen LogP contribution in [0.1, 0.15) is 16.1 Å². The molecule has 0 fully saturated rings. The summed E-state index contributed by atoms with van der Waals surface area (Å²) in [7, 11) is 0. The molecule has 0 aliphatic heterocycles. The van der Waals surface area contributed by atoms with E-state index < -0.39 is 11.7 Å². The lowest BCUT2D eigenvalue weighted by molar-refractivity contribution is 0.0460. The van der Waals surface area contributed by atoms with Crippen LogP contribution in [-0.2, 0) is 11.3 Å². The second-order valence-corrected chi connectivity index (χ2v) is 6.17. The van der Waals surface area contributed by atoms with E-state index in [-0.39, 0.29) is 34.6 Å². The molecule has 0 amide bonds. The van der Waals surface area contributed by atoms with Gasteiger partial charge < -0.3 is 9.26 Å². The maximum Gasteiger partial charge on any atom is 0.339 e. The van der Waals surface area contributed by atoms with E-state index in [1.807, 2.05) is 0 Å². The second-order valence-electron chi connectivity index (χ2n) is 5.14. The Morgan fingerprint density at radius 3 is 2.62 bits per heavy atom. The lowest BCUT2D eigenvalue weighted by Crippen LogP contribution is -2.07. The monoisotopic (exact) mass is 379 g/mol. The lowest BCUT2D eigenvalue weighted by atomic mass is 10.1. The Morgan fingerprint density at radius 2 is 1.88 bits per heavy atom. The van der Waals surface area contributed by atoms with Crippen molar-refractivity contribution in [3.8, 4) is 11.3 Å². The summed E-state index contributed by atoms with van der Waals surface area (Å²) in [4.78, 5) is 12.3. The first kappa shape index (κ1) is 18.1. The molecule has 2 aromatic carbocycles. The molecule has 1 heterocycles. The summed E-state index contributed by atoms with van der Waals surface area (Å²) in [5, 5.41) is 3.78. The first-order chi connectivity index (χ1) is 12.5. The molecule has 26 heavy (non-hydrogen) atoms. The first-order valence-electron chi connectivity index (χ1n) is 7.45. The summed E-state index contributed by atoms with van der Waals surface area (Å²) in [5.41, 5.74) is 1.02. The average molecular weight is 379 g/mol. The number of hydrogen-bond donors (Lipinski definition) is 0. The molecule has 0 aliphatic rings. The molecular weight excluding hydrogens is 367 g/mol. The molecule has 134 valence electrons. The standard InChI is InChI=1S/C18H12F3NO3S/c19-12-7-5-11(6-8-12)15-9-13(22-25-15)10-24-17(23)14-3-1-2-4-16(14)26-18(20)21/h1-9,18H,10H2. The zero-order chi connectivity index (χ0) is 18.5. The Morgan fingerprint density at radius 1 is 1.15 bits per heavy atom. The van der Waals surface area contributed by atoms with E-state index >= 15 is 0 Å². The van der Waals surface area contributed by atoms with Crippen LogP contribution < -0.4 is 0 Å². The quantitative estimate of drug-likeness (QED) is 0.438. The SMILES string of the molecule is O=C(OCc1cc(-c2ccc(F)cc2)on1)c1ccccc1SC(F)F. The number of esters is 1. The van der Waals surface area contributed by atoms with Crippen LogP contribution in [0.2, 0.25) is 0 Å². The molecular formula is C18H12F3NO3S. The zero-order valence-corrected chi connectivity index (χ0v) is 14.0. The molecule has 8 heteroatoms. The van der Waals surface area contributed by atoms with Crippen LogP contribution >= 0.6 is 11.8 Å². The molecule has 0 unspecified atom stereocenters. The number of benzene rings is 2. The molecule has 0 radical (unpaired) electrons. The minimum absolute atomic E-state index is 0.0556. The molecule has 3 aromatic rings. The van der Waals surface area contributed by atoms with Crippen molar-refractivity contribution in [1.82, 2.24) is 5.16 Å². The highest BCUT2D eigenvalue weighted by molar-refractivity contribution is 7.99. The van der Waals surface area contributed by atoms with E-state index in [1.165, 1.54) is 36.4 Å². The highest BCUT2D eigenvalue weighted by Gasteiger charge is 2.17. The van der Waals surface area contributed by atoms with E-state index in [0.717, 1.165) is 0 Å². The van der Waals surface area contributed by atoms with E-state index in [1.54, 1.807) is 18.2 Å². The van der Waals surface area contributed by atoms with Crippen molar-refractivity contribution >= 4 is 17.7 Å². The first-order valence-corrected chi connectivity index (χ1v) is 8.33. The predicted octanol–water partition coefficient (Wildman–Crippen LogP) is 5.15. The maximum atomic E-state index is 12.9. The van der Waals surface area contributed by atoms with Crippen molar-refractivity contribution in [1.29, 1.82) is 0 Å². The van der Waals surface area contributed by atoms with Crippen LogP contribution in [-0.4, -0.2) is 16.9 Å². The average Bonchev–Trinajstić information content (AvgIpc) is 3.09. The van der Waals surface area contributed by atoms with Crippen molar-refractivity contribution in [3.63, 3.8) is 0 Å². The molecule has 0 bridgehead atoms. The summed E-state index contributed by atoms with van der Waals surface area (Å²) < 4.78 is 48.3. The Kier molecular flexibility index (Phi) is 5.62. The number of ether oxygens (including phenoxy) is 1. The predicted molar refractivity (Wildman–Crippen MR) is 89.3 cm³/mol. The Balaban J connectivity index is 1.66. The van der Waals surface area contributed by atoms with E-state index in [9.17, 15) is 18.0 Å². The van der Waals surface area contributed by atoms with Crippen molar-refractivity contribution in [2.75, 3.05) is 0 Å². The van der Waals surface area contributed by atoms with Gasteiger partial charge in [-0.2, -0.15) is 8.78 Å². The molecule has 3 rings (SSSR count). The van der Waals surface area contributed by atoms with Gasteiger partial charge >= 0.3 is 5.97 Å². The van der Waals surface area contributed by atoms with Gasteiger partial charge in [0.1, 0.15) is 18.1 Å². The summed E-state index contributed by atoms with van der Waals surface area (Å²) >= 11 is 0.279. The third-order valence-corrected chi connectivity index (χ3v) is 4.15. The molecule has 1 aromatic heterocycles. The molecule has 0 spiro atoms. The van der Waals surface area contributed by atoms with Gasteiger partial charge in [-0.05, 0) is 36.4 Å². The minimum atomic E-state index is -2.64. The number of halogens is 3.